The molecule has 0 atom stereocenters. The van der Waals surface area contributed by atoms with Gasteiger partial charge in [0, 0.05) is 16.6 Å². The van der Waals surface area contributed by atoms with Gasteiger partial charge in [0.15, 0.2) is 0 Å². The zero-order valence-electron chi connectivity index (χ0n) is 8.80. The lowest BCUT2D eigenvalue weighted by atomic mass is 10.1. The lowest BCUT2D eigenvalue weighted by Crippen LogP contribution is -2.27. The SMILES string of the molecule is NCCCNC(=O)Cc1ccc(Cl)cc1Cl. The van der Waals surface area contributed by atoms with Gasteiger partial charge in [-0.25, -0.2) is 0 Å². The van der Waals surface area contributed by atoms with Crippen molar-refractivity contribution in [3.8, 4) is 0 Å². The summed E-state index contributed by atoms with van der Waals surface area (Å²) in [6.07, 6.45) is 1.04. The van der Waals surface area contributed by atoms with Crippen molar-refractivity contribution in [1.29, 1.82) is 0 Å². The van der Waals surface area contributed by atoms with Crippen LogP contribution in [0.2, 0.25) is 10.0 Å². The van der Waals surface area contributed by atoms with Gasteiger partial charge in [-0.05, 0) is 30.7 Å². The second-order valence-corrected chi connectivity index (χ2v) is 4.25. The Kier molecular flexibility index (Phi) is 5.60. The lowest BCUT2D eigenvalue weighted by molar-refractivity contribution is -0.120. The molecular weight excluding hydrogens is 247 g/mol. The standard InChI is InChI=1S/C11H14Cl2N2O/c12-9-3-2-8(10(13)7-9)6-11(16)15-5-1-4-14/h2-3,7H,1,4-6,14H2,(H,15,16). The fourth-order valence-electron chi connectivity index (χ4n) is 1.23. The molecule has 0 unspecified atom stereocenters. The van der Waals surface area contributed by atoms with Crippen LogP contribution < -0.4 is 11.1 Å². The second-order valence-electron chi connectivity index (χ2n) is 3.40. The predicted octanol–water partition coefficient (Wildman–Crippen LogP) is 2.00. The molecule has 3 N–H and O–H groups in total. The number of hydrogen-bond donors (Lipinski definition) is 2. The topological polar surface area (TPSA) is 55.1 Å². The number of nitrogens with one attached hydrogen (secondary N) is 1. The maximum atomic E-state index is 11.5. The van der Waals surface area contributed by atoms with Crippen molar-refractivity contribution in [3.05, 3.63) is 33.8 Å². The largest absolute Gasteiger partial charge is 0.356 e. The first-order chi connectivity index (χ1) is 7.63. The van der Waals surface area contributed by atoms with Crippen molar-refractivity contribution in [2.45, 2.75) is 12.8 Å². The summed E-state index contributed by atoms with van der Waals surface area (Å²) in [5.74, 6) is -0.0577. The molecule has 16 heavy (non-hydrogen) atoms. The van der Waals surface area contributed by atoms with Crippen LogP contribution in [0.15, 0.2) is 18.2 Å². The minimum absolute atomic E-state index is 0.0577. The molecule has 0 saturated carbocycles. The summed E-state index contributed by atoms with van der Waals surface area (Å²) in [6.45, 7) is 1.17. The Morgan fingerprint density at radius 1 is 1.38 bits per heavy atom. The average molecular weight is 261 g/mol. The van der Waals surface area contributed by atoms with Crippen LogP contribution in [-0.2, 0) is 11.2 Å². The Morgan fingerprint density at radius 2 is 2.12 bits per heavy atom. The van der Waals surface area contributed by atoms with Gasteiger partial charge in [0.1, 0.15) is 0 Å². The third-order valence-electron chi connectivity index (χ3n) is 2.07. The van der Waals surface area contributed by atoms with E-state index in [9.17, 15) is 4.79 Å². The van der Waals surface area contributed by atoms with E-state index in [2.05, 4.69) is 5.32 Å². The van der Waals surface area contributed by atoms with Crippen molar-refractivity contribution in [2.24, 2.45) is 5.73 Å². The molecular formula is C11H14Cl2N2O. The number of carbonyl (C=O) groups is 1. The van der Waals surface area contributed by atoms with Crippen LogP contribution in [0.1, 0.15) is 12.0 Å². The minimum Gasteiger partial charge on any atom is -0.356 e. The van der Waals surface area contributed by atoms with Gasteiger partial charge >= 0.3 is 0 Å². The summed E-state index contributed by atoms with van der Waals surface area (Å²) < 4.78 is 0. The van der Waals surface area contributed by atoms with Crippen LogP contribution in [0.5, 0.6) is 0 Å². The molecule has 1 rings (SSSR count). The van der Waals surface area contributed by atoms with Crippen LogP contribution in [-0.4, -0.2) is 19.0 Å². The average Bonchev–Trinajstić information content (AvgIpc) is 2.23. The summed E-state index contributed by atoms with van der Waals surface area (Å²) in [6, 6.07) is 5.11. The van der Waals surface area contributed by atoms with Crippen molar-refractivity contribution >= 4 is 29.1 Å². The molecule has 0 heterocycles. The molecule has 0 fully saturated rings. The summed E-state index contributed by atoms with van der Waals surface area (Å²) >= 11 is 11.7. The first-order valence-corrected chi connectivity index (χ1v) is 5.79. The van der Waals surface area contributed by atoms with E-state index in [-0.39, 0.29) is 12.3 Å². The smallest absolute Gasteiger partial charge is 0.224 e. The first kappa shape index (κ1) is 13.3. The highest BCUT2D eigenvalue weighted by molar-refractivity contribution is 6.35. The third-order valence-corrected chi connectivity index (χ3v) is 2.66. The van der Waals surface area contributed by atoms with E-state index < -0.39 is 0 Å². The van der Waals surface area contributed by atoms with E-state index in [0.717, 1.165) is 12.0 Å². The van der Waals surface area contributed by atoms with E-state index in [1.165, 1.54) is 0 Å². The summed E-state index contributed by atoms with van der Waals surface area (Å²) in [4.78, 5) is 11.5. The van der Waals surface area contributed by atoms with E-state index in [1.807, 2.05) is 0 Å². The van der Waals surface area contributed by atoms with Gasteiger partial charge in [-0.15, -0.1) is 0 Å². The molecule has 0 bridgehead atoms. The van der Waals surface area contributed by atoms with Crippen molar-refractivity contribution in [2.75, 3.05) is 13.1 Å². The van der Waals surface area contributed by atoms with E-state index >= 15 is 0 Å². The maximum absolute atomic E-state index is 11.5. The molecule has 1 aromatic carbocycles. The number of nitrogens with two attached hydrogens (primary N) is 1. The van der Waals surface area contributed by atoms with Crippen LogP contribution >= 0.6 is 23.2 Å². The van der Waals surface area contributed by atoms with Gasteiger partial charge in [0.05, 0.1) is 6.42 Å². The molecule has 1 aromatic rings. The molecule has 0 radical (unpaired) electrons. The first-order valence-electron chi connectivity index (χ1n) is 5.04. The highest BCUT2D eigenvalue weighted by Crippen LogP contribution is 2.21. The van der Waals surface area contributed by atoms with Gasteiger partial charge in [-0.3, -0.25) is 4.79 Å². The molecule has 0 aliphatic rings. The second kappa shape index (κ2) is 6.74. The van der Waals surface area contributed by atoms with Gasteiger partial charge in [0.2, 0.25) is 5.91 Å². The van der Waals surface area contributed by atoms with Crippen LogP contribution in [0.4, 0.5) is 0 Å². The third kappa shape index (κ3) is 4.39. The lowest BCUT2D eigenvalue weighted by Gasteiger charge is -2.06. The minimum atomic E-state index is -0.0577. The number of carbonyl (C=O) groups excluding carboxylic acids is 1. The Balaban J connectivity index is 2.49. The Morgan fingerprint density at radius 3 is 2.75 bits per heavy atom. The summed E-state index contributed by atoms with van der Waals surface area (Å²) in [5.41, 5.74) is 6.10. The fourth-order valence-corrected chi connectivity index (χ4v) is 1.71. The highest BCUT2D eigenvalue weighted by Gasteiger charge is 2.06. The molecule has 0 saturated heterocycles. The van der Waals surface area contributed by atoms with Gasteiger partial charge in [0.25, 0.3) is 0 Å². The number of benzene rings is 1. The van der Waals surface area contributed by atoms with Gasteiger partial charge in [-0.1, -0.05) is 29.3 Å². The molecule has 3 nitrogen and oxygen atoms in total. The van der Waals surface area contributed by atoms with Crippen molar-refractivity contribution < 1.29 is 4.79 Å². The Labute approximate surface area is 105 Å². The van der Waals surface area contributed by atoms with Crippen LogP contribution in [0.3, 0.4) is 0 Å². The molecule has 1 amide bonds. The maximum Gasteiger partial charge on any atom is 0.224 e. The Hall–Kier alpha value is -0.770. The molecule has 88 valence electrons. The van der Waals surface area contributed by atoms with Gasteiger partial charge in [-0.2, -0.15) is 0 Å². The molecule has 0 aromatic heterocycles. The fraction of sp³-hybridized carbons (Fsp3) is 0.364. The molecule has 0 spiro atoms. The summed E-state index contributed by atoms with van der Waals surface area (Å²) in [5, 5.41) is 3.85. The molecule has 0 aliphatic carbocycles. The Bertz CT molecular complexity index is 369. The number of amides is 1. The number of rotatable bonds is 5. The normalized spacial score (nSPS) is 10.2. The van der Waals surface area contributed by atoms with E-state index in [0.29, 0.717) is 23.1 Å². The van der Waals surface area contributed by atoms with E-state index in [1.54, 1.807) is 18.2 Å². The highest BCUT2D eigenvalue weighted by atomic mass is 35.5. The predicted molar refractivity (Wildman–Crippen MR) is 66.8 cm³/mol. The zero-order chi connectivity index (χ0) is 12.0. The molecule has 0 aliphatic heterocycles. The number of halogens is 2. The monoisotopic (exact) mass is 260 g/mol. The summed E-state index contributed by atoms with van der Waals surface area (Å²) in [7, 11) is 0. The van der Waals surface area contributed by atoms with Crippen LogP contribution in [0.25, 0.3) is 0 Å². The molecule has 5 heteroatoms. The van der Waals surface area contributed by atoms with E-state index in [4.69, 9.17) is 28.9 Å². The van der Waals surface area contributed by atoms with Gasteiger partial charge < -0.3 is 11.1 Å². The zero-order valence-corrected chi connectivity index (χ0v) is 10.3. The van der Waals surface area contributed by atoms with Crippen LogP contribution in [0, 0.1) is 0 Å². The van der Waals surface area contributed by atoms with Crippen molar-refractivity contribution in [3.63, 3.8) is 0 Å². The number of hydrogen-bond acceptors (Lipinski definition) is 2. The quantitative estimate of drug-likeness (QED) is 0.796. The van der Waals surface area contributed by atoms with Crippen molar-refractivity contribution in [1.82, 2.24) is 5.32 Å².